The smallest absolute Gasteiger partial charge is 0.125 e. The van der Waals surface area contributed by atoms with E-state index in [1.54, 1.807) is 0 Å². The van der Waals surface area contributed by atoms with Gasteiger partial charge in [-0.25, -0.2) is 0 Å². The van der Waals surface area contributed by atoms with Crippen LogP contribution in [0.25, 0.3) is 0 Å². The number of hydrogen-bond acceptors (Lipinski definition) is 2. The zero-order chi connectivity index (χ0) is 11.1. The minimum Gasteiger partial charge on any atom is -0.378 e. The largest absolute Gasteiger partial charge is 0.378 e. The third-order valence-corrected chi connectivity index (χ3v) is 3.50. The van der Waals surface area contributed by atoms with Crippen molar-refractivity contribution in [2.75, 3.05) is 6.61 Å². The van der Waals surface area contributed by atoms with Crippen LogP contribution in [0.15, 0.2) is 0 Å². The normalized spacial score (nSPS) is 20.5. The van der Waals surface area contributed by atoms with Crippen LogP contribution < -0.4 is 0 Å². The highest BCUT2D eigenvalue weighted by Gasteiger charge is 2.18. The summed E-state index contributed by atoms with van der Waals surface area (Å²) in [6, 6.07) is 0. The Hall–Kier alpha value is 0.210. The maximum Gasteiger partial charge on any atom is 0.125 e. The number of hydrogen-bond donors (Lipinski definition) is 0. The minimum absolute atomic E-state index is 0.295. The van der Waals surface area contributed by atoms with Gasteiger partial charge in [0.1, 0.15) is 11.1 Å². The van der Waals surface area contributed by atoms with Gasteiger partial charge in [0, 0.05) is 12.5 Å². The van der Waals surface area contributed by atoms with Crippen LogP contribution in [0.2, 0.25) is 0 Å². The van der Waals surface area contributed by atoms with Crippen LogP contribution in [0.4, 0.5) is 0 Å². The lowest BCUT2D eigenvalue weighted by Gasteiger charge is -2.22. The lowest BCUT2D eigenvalue weighted by molar-refractivity contribution is -0.111. The molecule has 0 aliphatic heterocycles. The van der Waals surface area contributed by atoms with E-state index in [4.69, 9.17) is 27.9 Å². The zero-order valence-electron chi connectivity index (χ0n) is 8.83. The van der Waals surface area contributed by atoms with Gasteiger partial charge in [-0.15, -0.1) is 23.2 Å². The van der Waals surface area contributed by atoms with Crippen LogP contribution in [0.5, 0.6) is 0 Å². The summed E-state index contributed by atoms with van der Waals surface area (Å²) in [5.41, 5.74) is 0. The van der Waals surface area contributed by atoms with Crippen molar-refractivity contribution in [3.63, 3.8) is 0 Å². The van der Waals surface area contributed by atoms with Crippen molar-refractivity contribution >= 4 is 29.5 Å². The van der Waals surface area contributed by atoms with Gasteiger partial charge in [-0.1, -0.05) is 19.3 Å². The molecule has 15 heavy (non-hydrogen) atoms. The second-order valence-corrected chi connectivity index (χ2v) is 5.22. The van der Waals surface area contributed by atoms with Gasteiger partial charge in [0.2, 0.25) is 0 Å². The zero-order valence-corrected chi connectivity index (χ0v) is 10.3. The van der Waals surface area contributed by atoms with Crippen molar-refractivity contribution < 1.29 is 9.53 Å². The third-order valence-electron chi connectivity index (χ3n) is 2.86. The summed E-state index contributed by atoms with van der Waals surface area (Å²) >= 11 is 11.3. The van der Waals surface area contributed by atoms with Gasteiger partial charge >= 0.3 is 0 Å². The van der Waals surface area contributed by atoms with Crippen LogP contribution in [0.3, 0.4) is 0 Å². The molecule has 1 fully saturated rings. The molecule has 0 aromatic heterocycles. The quantitative estimate of drug-likeness (QED) is 0.536. The van der Waals surface area contributed by atoms with Gasteiger partial charge in [0.05, 0.1) is 6.10 Å². The van der Waals surface area contributed by atoms with Crippen molar-refractivity contribution in [2.45, 2.75) is 49.5 Å². The molecule has 88 valence electrons. The molecule has 0 aromatic rings. The standard InChI is InChI=1S/C11H18Cl2O2/c12-11(13)9(8-14)6-7-15-10-4-2-1-3-5-10/h8-11H,1-7H2. The average molecular weight is 253 g/mol. The maximum absolute atomic E-state index is 10.6. The Morgan fingerprint density at radius 3 is 2.47 bits per heavy atom. The number of carbonyl (C=O) groups excluding carboxylic acids is 1. The predicted molar refractivity (Wildman–Crippen MR) is 62.5 cm³/mol. The summed E-state index contributed by atoms with van der Waals surface area (Å²) < 4.78 is 5.69. The summed E-state index contributed by atoms with van der Waals surface area (Å²) in [6.07, 6.45) is 7.96. The van der Waals surface area contributed by atoms with Crippen molar-refractivity contribution in [2.24, 2.45) is 5.92 Å². The molecule has 1 aliphatic rings. The molecule has 0 radical (unpaired) electrons. The summed E-state index contributed by atoms with van der Waals surface area (Å²) in [7, 11) is 0. The number of alkyl halides is 2. The molecule has 1 atom stereocenters. The summed E-state index contributed by atoms with van der Waals surface area (Å²) in [4.78, 5) is 9.99. The van der Waals surface area contributed by atoms with E-state index in [1.165, 1.54) is 19.3 Å². The molecule has 0 N–H and O–H groups in total. The Labute approximate surface area is 101 Å². The molecular formula is C11H18Cl2O2. The number of aldehydes is 1. The monoisotopic (exact) mass is 252 g/mol. The molecule has 1 rings (SSSR count). The predicted octanol–water partition coefficient (Wildman–Crippen LogP) is 3.34. The van der Waals surface area contributed by atoms with Crippen LogP contribution in [0.1, 0.15) is 38.5 Å². The Bertz CT molecular complexity index is 179. The van der Waals surface area contributed by atoms with E-state index in [9.17, 15) is 4.79 Å². The highest BCUT2D eigenvalue weighted by Crippen LogP contribution is 2.22. The molecule has 0 bridgehead atoms. The van der Waals surface area contributed by atoms with Gasteiger partial charge in [-0.2, -0.15) is 0 Å². The molecule has 0 aromatic carbocycles. The van der Waals surface area contributed by atoms with E-state index in [0.717, 1.165) is 19.1 Å². The van der Waals surface area contributed by atoms with E-state index >= 15 is 0 Å². The molecule has 1 aliphatic carbocycles. The fraction of sp³-hybridized carbons (Fsp3) is 0.909. The first kappa shape index (κ1) is 13.3. The molecule has 0 spiro atoms. The SMILES string of the molecule is O=CC(CCOC1CCCCC1)C(Cl)Cl. The van der Waals surface area contributed by atoms with Crippen molar-refractivity contribution in [3.8, 4) is 0 Å². The second-order valence-electron chi connectivity index (χ2n) is 4.05. The molecule has 1 unspecified atom stereocenters. The van der Waals surface area contributed by atoms with E-state index in [0.29, 0.717) is 19.1 Å². The lowest BCUT2D eigenvalue weighted by atomic mass is 9.98. The van der Waals surface area contributed by atoms with E-state index in [1.807, 2.05) is 0 Å². The Balaban J connectivity index is 2.11. The molecule has 2 nitrogen and oxygen atoms in total. The fourth-order valence-electron chi connectivity index (χ4n) is 1.86. The van der Waals surface area contributed by atoms with Crippen molar-refractivity contribution in [1.82, 2.24) is 0 Å². The molecule has 0 heterocycles. The minimum atomic E-state index is -0.613. The third kappa shape index (κ3) is 5.19. The fourth-order valence-corrected chi connectivity index (χ4v) is 2.23. The highest BCUT2D eigenvalue weighted by atomic mass is 35.5. The van der Waals surface area contributed by atoms with Gasteiger partial charge in [-0.3, -0.25) is 0 Å². The second kappa shape index (κ2) is 7.48. The van der Waals surface area contributed by atoms with Crippen LogP contribution in [-0.2, 0) is 9.53 Å². The first-order valence-corrected chi connectivity index (χ1v) is 6.46. The van der Waals surface area contributed by atoms with Crippen LogP contribution in [0, 0.1) is 5.92 Å². The number of rotatable bonds is 6. The number of carbonyl (C=O) groups is 1. The Morgan fingerprint density at radius 2 is 1.93 bits per heavy atom. The van der Waals surface area contributed by atoms with Gasteiger partial charge in [0.15, 0.2) is 0 Å². The Morgan fingerprint density at radius 1 is 1.27 bits per heavy atom. The highest BCUT2D eigenvalue weighted by molar-refractivity contribution is 6.45. The molecule has 0 amide bonds. The molecule has 0 saturated heterocycles. The molecular weight excluding hydrogens is 235 g/mol. The lowest BCUT2D eigenvalue weighted by Crippen LogP contribution is -2.20. The molecule has 4 heteroatoms. The maximum atomic E-state index is 10.6. The van der Waals surface area contributed by atoms with Crippen LogP contribution >= 0.6 is 23.2 Å². The van der Waals surface area contributed by atoms with E-state index in [2.05, 4.69) is 0 Å². The first-order valence-electron chi connectivity index (χ1n) is 5.59. The summed E-state index contributed by atoms with van der Waals surface area (Å²) in [6.45, 7) is 0.587. The number of ether oxygens (including phenoxy) is 1. The van der Waals surface area contributed by atoms with Crippen molar-refractivity contribution in [1.29, 1.82) is 0 Å². The van der Waals surface area contributed by atoms with Gasteiger partial charge in [-0.05, 0) is 19.3 Å². The van der Waals surface area contributed by atoms with Crippen molar-refractivity contribution in [3.05, 3.63) is 0 Å². The topological polar surface area (TPSA) is 26.3 Å². The van der Waals surface area contributed by atoms with Gasteiger partial charge in [0.25, 0.3) is 0 Å². The number of halogens is 2. The van der Waals surface area contributed by atoms with E-state index < -0.39 is 4.84 Å². The Kier molecular flexibility index (Phi) is 6.62. The van der Waals surface area contributed by atoms with Gasteiger partial charge < -0.3 is 9.53 Å². The first-order chi connectivity index (χ1) is 7.24. The van der Waals surface area contributed by atoms with E-state index in [-0.39, 0.29) is 5.92 Å². The molecule has 1 saturated carbocycles. The van der Waals surface area contributed by atoms with Crippen LogP contribution in [-0.4, -0.2) is 23.8 Å². The summed E-state index contributed by atoms with van der Waals surface area (Å²) in [5, 5.41) is 0. The average Bonchev–Trinajstić information content (AvgIpc) is 2.25. The summed E-state index contributed by atoms with van der Waals surface area (Å²) in [5.74, 6) is -0.295.